The molecular weight excluding hydrogens is 272 g/mol. The molecule has 0 fully saturated rings. The highest BCUT2D eigenvalue weighted by Gasteiger charge is 2.17. The summed E-state index contributed by atoms with van der Waals surface area (Å²) in [4.78, 5) is 18.3. The lowest BCUT2D eigenvalue weighted by Crippen LogP contribution is -2.37. The number of rotatable bonds is 4. The molecule has 0 spiro atoms. The van der Waals surface area contributed by atoms with Gasteiger partial charge in [0.05, 0.1) is 12.6 Å². The second-order valence-corrected chi connectivity index (χ2v) is 5.68. The van der Waals surface area contributed by atoms with Crippen molar-refractivity contribution in [3.63, 3.8) is 0 Å². The molecule has 1 atom stereocenters. The number of benzene rings is 1. The number of hydrogen-bond donors (Lipinski definition) is 1. The summed E-state index contributed by atoms with van der Waals surface area (Å²) in [6.07, 6.45) is 0. The van der Waals surface area contributed by atoms with Gasteiger partial charge in [0.1, 0.15) is 5.01 Å². The molecule has 106 valence electrons. The molecule has 0 saturated heterocycles. The minimum atomic E-state index is -0.201. The van der Waals surface area contributed by atoms with Crippen LogP contribution in [0.25, 0.3) is 10.6 Å². The first-order valence-corrected chi connectivity index (χ1v) is 7.31. The highest BCUT2D eigenvalue weighted by Crippen LogP contribution is 2.24. The predicted molar refractivity (Wildman–Crippen MR) is 80.9 cm³/mol. The molecule has 0 aliphatic heterocycles. The molecule has 4 nitrogen and oxygen atoms in total. The molecule has 0 saturated carbocycles. The molecule has 0 aliphatic carbocycles. The van der Waals surface area contributed by atoms with E-state index in [0.717, 1.165) is 16.3 Å². The van der Waals surface area contributed by atoms with Crippen molar-refractivity contribution in [1.82, 2.24) is 9.88 Å². The maximum atomic E-state index is 12.3. The summed E-state index contributed by atoms with van der Waals surface area (Å²) in [6, 6.07) is 7.24. The molecular formula is C15H18N2O2S. The van der Waals surface area contributed by atoms with E-state index in [1.807, 2.05) is 37.4 Å². The van der Waals surface area contributed by atoms with Gasteiger partial charge in [-0.05, 0) is 26.0 Å². The number of hydrogen-bond acceptors (Lipinski definition) is 4. The second kappa shape index (κ2) is 6.15. The Morgan fingerprint density at radius 1 is 1.50 bits per heavy atom. The third-order valence-electron chi connectivity index (χ3n) is 3.22. The third-order valence-corrected chi connectivity index (χ3v) is 4.23. The SMILES string of the molecule is Cc1csc(-c2cccc(C(=O)N(C)C(C)CO)c2)n1. The summed E-state index contributed by atoms with van der Waals surface area (Å²) in [7, 11) is 1.70. The maximum absolute atomic E-state index is 12.3. The van der Waals surface area contributed by atoms with Crippen LogP contribution in [0.2, 0.25) is 0 Å². The molecule has 20 heavy (non-hydrogen) atoms. The smallest absolute Gasteiger partial charge is 0.253 e. The largest absolute Gasteiger partial charge is 0.394 e. The van der Waals surface area contributed by atoms with E-state index < -0.39 is 0 Å². The lowest BCUT2D eigenvalue weighted by Gasteiger charge is -2.23. The Morgan fingerprint density at radius 2 is 2.25 bits per heavy atom. The summed E-state index contributed by atoms with van der Waals surface area (Å²) in [5.41, 5.74) is 2.53. The normalized spacial score (nSPS) is 12.2. The van der Waals surface area contributed by atoms with Gasteiger partial charge in [-0.3, -0.25) is 4.79 Å². The van der Waals surface area contributed by atoms with Crippen LogP contribution in [0.15, 0.2) is 29.6 Å². The Morgan fingerprint density at radius 3 is 2.85 bits per heavy atom. The quantitative estimate of drug-likeness (QED) is 0.941. The van der Waals surface area contributed by atoms with Crippen LogP contribution in [-0.2, 0) is 0 Å². The van der Waals surface area contributed by atoms with Gasteiger partial charge in [0.2, 0.25) is 0 Å². The van der Waals surface area contributed by atoms with Crippen LogP contribution in [0.1, 0.15) is 23.0 Å². The van der Waals surface area contributed by atoms with Crippen molar-refractivity contribution in [3.8, 4) is 10.6 Å². The van der Waals surface area contributed by atoms with E-state index in [1.165, 1.54) is 0 Å². The van der Waals surface area contributed by atoms with Gasteiger partial charge in [0.25, 0.3) is 5.91 Å². The Bertz CT molecular complexity index is 609. The molecule has 0 bridgehead atoms. The molecule has 1 unspecified atom stereocenters. The fourth-order valence-corrected chi connectivity index (χ4v) is 2.59. The molecule has 1 amide bonds. The molecule has 0 radical (unpaired) electrons. The van der Waals surface area contributed by atoms with Crippen LogP contribution in [-0.4, -0.2) is 40.6 Å². The second-order valence-electron chi connectivity index (χ2n) is 4.82. The number of likely N-dealkylation sites (N-methyl/N-ethyl adjacent to an activating group) is 1. The number of aliphatic hydroxyl groups is 1. The first-order valence-electron chi connectivity index (χ1n) is 6.43. The fourth-order valence-electron chi connectivity index (χ4n) is 1.80. The van der Waals surface area contributed by atoms with Crippen LogP contribution in [0.5, 0.6) is 0 Å². The number of aryl methyl sites for hydroxylation is 1. The van der Waals surface area contributed by atoms with Crippen molar-refractivity contribution >= 4 is 17.2 Å². The van der Waals surface area contributed by atoms with Gasteiger partial charge in [-0.15, -0.1) is 11.3 Å². The summed E-state index contributed by atoms with van der Waals surface area (Å²) < 4.78 is 0. The van der Waals surface area contributed by atoms with E-state index in [-0.39, 0.29) is 18.6 Å². The maximum Gasteiger partial charge on any atom is 0.253 e. The average Bonchev–Trinajstić information content (AvgIpc) is 2.91. The molecule has 1 aromatic heterocycles. The van der Waals surface area contributed by atoms with Gasteiger partial charge >= 0.3 is 0 Å². The standard InChI is InChI=1S/C15H18N2O2S/c1-10-9-20-14(16-10)12-5-4-6-13(7-12)15(19)17(3)11(2)8-18/h4-7,9,11,18H,8H2,1-3H3. The van der Waals surface area contributed by atoms with Gasteiger partial charge in [-0.25, -0.2) is 4.98 Å². The molecule has 2 aromatic rings. The van der Waals surface area contributed by atoms with Crippen molar-refractivity contribution in [2.45, 2.75) is 19.9 Å². The number of thiazole rings is 1. The van der Waals surface area contributed by atoms with Gasteiger partial charge in [-0.1, -0.05) is 12.1 Å². The fraction of sp³-hybridized carbons (Fsp3) is 0.333. The van der Waals surface area contributed by atoms with Crippen LogP contribution in [0, 0.1) is 6.92 Å². The number of aliphatic hydroxyl groups excluding tert-OH is 1. The van der Waals surface area contributed by atoms with Crippen molar-refractivity contribution in [3.05, 3.63) is 40.9 Å². The Kier molecular flexibility index (Phi) is 4.52. The van der Waals surface area contributed by atoms with E-state index in [4.69, 9.17) is 5.11 Å². The highest BCUT2D eigenvalue weighted by atomic mass is 32.1. The first-order chi connectivity index (χ1) is 9.52. The average molecular weight is 290 g/mol. The van der Waals surface area contributed by atoms with E-state index in [0.29, 0.717) is 5.56 Å². The van der Waals surface area contributed by atoms with Gasteiger partial charge in [0.15, 0.2) is 0 Å². The minimum absolute atomic E-state index is 0.0480. The number of amides is 1. The van der Waals surface area contributed by atoms with E-state index in [1.54, 1.807) is 29.4 Å². The summed E-state index contributed by atoms with van der Waals surface area (Å²) >= 11 is 1.57. The molecule has 1 aromatic carbocycles. The number of aromatic nitrogens is 1. The molecule has 5 heteroatoms. The topological polar surface area (TPSA) is 53.4 Å². The number of carbonyl (C=O) groups is 1. The minimum Gasteiger partial charge on any atom is -0.394 e. The van der Waals surface area contributed by atoms with E-state index in [2.05, 4.69) is 4.98 Å². The Labute approximate surface area is 122 Å². The van der Waals surface area contributed by atoms with Gasteiger partial charge in [-0.2, -0.15) is 0 Å². The van der Waals surface area contributed by atoms with Crippen LogP contribution < -0.4 is 0 Å². The van der Waals surface area contributed by atoms with Gasteiger partial charge in [0, 0.05) is 29.2 Å². The van der Waals surface area contributed by atoms with E-state index in [9.17, 15) is 4.79 Å². The Hall–Kier alpha value is -1.72. The van der Waals surface area contributed by atoms with Crippen LogP contribution in [0.3, 0.4) is 0 Å². The predicted octanol–water partition coefficient (Wildman–Crippen LogP) is 2.57. The highest BCUT2D eigenvalue weighted by molar-refractivity contribution is 7.13. The van der Waals surface area contributed by atoms with Crippen molar-refractivity contribution in [2.75, 3.05) is 13.7 Å². The Balaban J connectivity index is 2.28. The monoisotopic (exact) mass is 290 g/mol. The zero-order chi connectivity index (χ0) is 14.7. The van der Waals surface area contributed by atoms with Crippen LogP contribution in [0.4, 0.5) is 0 Å². The number of nitrogens with zero attached hydrogens (tertiary/aromatic N) is 2. The first kappa shape index (κ1) is 14.7. The summed E-state index contributed by atoms with van der Waals surface area (Å²) in [5.74, 6) is -0.0957. The molecule has 0 aliphatic rings. The molecule has 1 N–H and O–H groups in total. The molecule has 2 rings (SSSR count). The summed E-state index contributed by atoms with van der Waals surface area (Å²) in [5, 5.41) is 12.0. The van der Waals surface area contributed by atoms with Gasteiger partial charge < -0.3 is 10.0 Å². The summed E-state index contributed by atoms with van der Waals surface area (Å²) in [6.45, 7) is 3.71. The van der Waals surface area contributed by atoms with Crippen molar-refractivity contribution < 1.29 is 9.90 Å². The van der Waals surface area contributed by atoms with Crippen molar-refractivity contribution in [2.24, 2.45) is 0 Å². The zero-order valence-electron chi connectivity index (χ0n) is 11.8. The van der Waals surface area contributed by atoms with Crippen molar-refractivity contribution in [1.29, 1.82) is 0 Å². The van der Waals surface area contributed by atoms with E-state index >= 15 is 0 Å². The molecule has 1 heterocycles. The third kappa shape index (κ3) is 3.05. The number of carbonyl (C=O) groups excluding carboxylic acids is 1. The lowest BCUT2D eigenvalue weighted by molar-refractivity contribution is 0.0682. The van der Waals surface area contributed by atoms with Crippen LogP contribution >= 0.6 is 11.3 Å². The lowest BCUT2D eigenvalue weighted by atomic mass is 10.1. The zero-order valence-corrected chi connectivity index (χ0v) is 12.6.